The average Bonchev–Trinajstić information content (AvgIpc) is 2.90. The second-order valence-electron chi connectivity index (χ2n) is 5.98. The molecule has 2 N–H and O–H groups in total. The van der Waals surface area contributed by atoms with Crippen LogP contribution in [0.25, 0.3) is 0 Å². The molecular formula is C19H24N2. The largest absolute Gasteiger partial charge is 0.384 e. The van der Waals surface area contributed by atoms with Crippen LogP contribution in [0, 0.1) is 0 Å². The van der Waals surface area contributed by atoms with Crippen molar-refractivity contribution in [2.24, 2.45) is 0 Å². The summed E-state index contributed by atoms with van der Waals surface area (Å²) in [4.78, 5) is 0. The summed E-state index contributed by atoms with van der Waals surface area (Å²) in [5.74, 6) is 1.08. The van der Waals surface area contributed by atoms with Crippen LogP contribution >= 0.6 is 0 Å². The summed E-state index contributed by atoms with van der Waals surface area (Å²) in [7, 11) is 2.02. The molecule has 2 nitrogen and oxygen atoms in total. The van der Waals surface area contributed by atoms with Gasteiger partial charge in [0.15, 0.2) is 0 Å². The zero-order chi connectivity index (χ0) is 14.7. The summed E-state index contributed by atoms with van der Waals surface area (Å²) >= 11 is 0. The molecule has 0 saturated heterocycles. The summed E-state index contributed by atoms with van der Waals surface area (Å²) in [5, 5.41) is 6.77. The molecule has 2 unspecified atom stereocenters. The molecule has 2 aromatic carbocycles. The molecule has 1 aliphatic rings. The topological polar surface area (TPSA) is 24.1 Å². The fourth-order valence-corrected chi connectivity index (χ4v) is 3.24. The number of fused-ring (bicyclic) bond motifs is 1. The van der Waals surface area contributed by atoms with Gasteiger partial charge in [-0.3, -0.25) is 0 Å². The predicted octanol–water partition coefficient (Wildman–Crippen LogP) is 3.96. The Morgan fingerprint density at radius 1 is 1.14 bits per heavy atom. The second kappa shape index (κ2) is 6.31. The molecular weight excluding hydrogens is 256 g/mol. The molecule has 0 bridgehead atoms. The van der Waals surface area contributed by atoms with E-state index in [0.717, 1.165) is 19.5 Å². The lowest BCUT2D eigenvalue weighted by Crippen LogP contribution is -2.13. The molecule has 2 heteroatoms. The van der Waals surface area contributed by atoms with Crippen LogP contribution in [0.15, 0.2) is 48.5 Å². The molecule has 1 heterocycles. The van der Waals surface area contributed by atoms with Gasteiger partial charge in [-0.15, -0.1) is 0 Å². The van der Waals surface area contributed by atoms with Crippen LogP contribution in [0.5, 0.6) is 0 Å². The summed E-state index contributed by atoms with van der Waals surface area (Å²) in [6.07, 6.45) is 1.13. The molecule has 0 amide bonds. The Morgan fingerprint density at radius 2 is 1.95 bits per heavy atom. The Bertz CT molecular complexity index is 592. The van der Waals surface area contributed by atoms with Crippen molar-refractivity contribution < 1.29 is 0 Å². The zero-order valence-electron chi connectivity index (χ0n) is 12.9. The highest BCUT2D eigenvalue weighted by atomic mass is 14.9. The zero-order valence-corrected chi connectivity index (χ0v) is 12.9. The third kappa shape index (κ3) is 2.96. The fourth-order valence-electron chi connectivity index (χ4n) is 3.24. The van der Waals surface area contributed by atoms with E-state index in [1.807, 2.05) is 7.05 Å². The maximum Gasteiger partial charge on any atom is 0.0376 e. The van der Waals surface area contributed by atoms with E-state index in [1.165, 1.54) is 22.4 Å². The molecule has 21 heavy (non-hydrogen) atoms. The summed E-state index contributed by atoms with van der Waals surface area (Å²) in [5.41, 5.74) is 5.63. The Hall–Kier alpha value is -1.80. The summed E-state index contributed by atoms with van der Waals surface area (Å²) < 4.78 is 0. The van der Waals surface area contributed by atoms with Gasteiger partial charge < -0.3 is 10.6 Å². The van der Waals surface area contributed by atoms with Crippen LogP contribution in [-0.4, -0.2) is 20.1 Å². The molecule has 0 radical (unpaired) electrons. The van der Waals surface area contributed by atoms with Gasteiger partial charge in [0.05, 0.1) is 0 Å². The molecule has 0 fully saturated rings. The Labute approximate surface area is 127 Å². The smallest absolute Gasteiger partial charge is 0.0376 e. The van der Waals surface area contributed by atoms with E-state index in [9.17, 15) is 0 Å². The van der Waals surface area contributed by atoms with E-state index in [2.05, 4.69) is 66.1 Å². The minimum atomic E-state index is 0.469. The summed E-state index contributed by atoms with van der Waals surface area (Å²) in [6.45, 7) is 4.39. The van der Waals surface area contributed by atoms with Crippen molar-refractivity contribution in [2.45, 2.75) is 25.2 Å². The van der Waals surface area contributed by atoms with E-state index in [1.54, 1.807) is 0 Å². The van der Waals surface area contributed by atoms with Crippen LogP contribution in [-0.2, 0) is 0 Å². The second-order valence-corrected chi connectivity index (χ2v) is 5.98. The van der Waals surface area contributed by atoms with Gasteiger partial charge in [-0.05, 0) is 42.8 Å². The van der Waals surface area contributed by atoms with E-state index in [0.29, 0.717) is 11.8 Å². The van der Waals surface area contributed by atoms with Gasteiger partial charge in [-0.1, -0.05) is 49.4 Å². The van der Waals surface area contributed by atoms with Gasteiger partial charge in [-0.25, -0.2) is 0 Å². The van der Waals surface area contributed by atoms with Crippen LogP contribution in [0.3, 0.4) is 0 Å². The standard InChI is InChI=1S/C19H24N2/c1-14-13-21-19-9-8-16(12-18(14)19)17(10-11-20-2)15-6-4-3-5-7-15/h3-9,12,14,17,20-21H,10-11,13H2,1-2H3. The van der Waals surface area contributed by atoms with Gasteiger partial charge in [-0.2, -0.15) is 0 Å². The first-order valence-corrected chi connectivity index (χ1v) is 7.87. The predicted molar refractivity (Wildman–Crippen MR) is 90.2 cm³/mol. The van der Waals surface area contributed by atoms with Gasteiger partial charge in [0.2, 0.25) is 0 Å². The molecule has 0 aliphatic carbocycles. The quantitative estimate of drug-likeness (QED) is 0.866. The van der Waals surface area contributed by atoms with Crippen molar-refractivity contribution in [1.29, 1.82) is 0 Å². The lowest BCUT2D eigenvalue weighted by molar-refractivity contribution is 0.661. The average molecular weight is 280 g/mol. The highest BCUT2D eigenvalue weighted by molar-refractivity contribution is 5.59. The van der Waals surface area contributed by atoms with Crippen molar-refractivity contribution in [3.05, 3.63) is 65.2 Å². The minimum Gasteiger partial charge on any atom is -0.384 e. The Balaban J connectivity index is 1.95. The van der Waals surface area contributed by atoms with Gasteiger partial charge in [0.25, 0.3) is 0 Å². The number of rotatable bonds is 5. The van der Waals surface area contributed by atoms with Crippen molar-refractivity contribution in [2.75, 3.05) is 25.5 Å². The number of hydrogen-bond acceptors (Lipinski definition) is 2. The van der Waals surface area contributed by atoms with Crippen molar-refractivity contribution >= 4 is 5.69 Å². The molecule has 110 valence electrons. The maximum atomic E-state index is 3.49. The minimum absolute atomic E-state index is 0.469. The lowest BCUT2D eigenvalue weighted by atomic mass is 9.86. The maximum absolute atomic E-state index is 3.49. The normalized spacial score (nSPS) is 18.1. The summed E-state index contributed by atoms with van der Waals surface area (Å²) in [6, 6.07) is 17.8. The molecule has 1 aliphatic heterocycles. The highest BCUT2D eigenvalue weighted by Crippen LogP contribution is 2.36. The first kappa shape index (κ1) is 14.2. The molecule has 2 atom stereocenters. The molecule has 0 aromatic heterocycles. The lowest BCUT2D eigenvalue weighted by Gasteiger charge is -2.19. The molecule has 3 rings (SSSR count). The van der Waals surface area contributed by atoms with E-state index in [-0.39, 0.29) is 0 Å². The van der Waals surface area contributed by atoms with Gasteiger partial charge in [0, 0.05) is 24.1 Å². The third-order valence-corrected chi connectivity index (χ3v) is 4.49. The van der Waals surface area contributed by atoms with Gasteiger partial charge >= 0.3 is 0 Å². The molecule has 0 saturated carbocycles. The van der Waals surface area contributed by atoms with Crippen molar-refractivity contribution in [3.63, 3.8) is 0 Å². The van der Waals surface area contributed by atoms with E-state index < -0.39 is 0 Å². The highest BCUT2D eigenvalue weighted by Gasteiger charge is 2.21. The van der Waals surface area contributed by atoms with Crippen molar-refractivity contribution in [3.8, 4) is 0 Å². The number of nitrogens with one attached hydrogen (secondary N) is 2. The van der Waals surface area contributed by atoms with Crippen LogP contribution in [0.4, 0.5) is 5.69 Å². The third-order valence-electron chi connectivity index (χ3n) is 4.49. The molecule has 2 aromatic rings. The Morgan fingerprint density at radius 3 is 2.71 bits per heavy atom. The molecule has 0 spiro atoms. The van der Waals surface area contributed by atoms with Crippen LogP contribution < -0.4 is 10.6 Å². The van der Waals surface area contributed by atoms with Crippen LogP contribution in [0.2, 0.25) is 0 Å². The van der Waals surface area contributed by atoms with Crippen LogP contribution in [0.1, 0.15) is 41.9 Å². The number of anilines is 1. The first-order chi connectivity index (χ1) is 10.3. The van der Waals surface area contributed by atoms with E-state index in [4.69, 9.17) is 0 Å². The fraction of sp³-hybridized carbons (Fsp3) is 0.368. The first-order valence-electron chi connectivity index (χ1n) is 7.87. The van der Waals surface area contributed by atoms with E-state index >= 15 is 0 Å². The van der Waals surface area contributed by atoms with Gasteiger partial charge in [0.1, 0.15) is 0 Å². The van der Waals surface area contributed by atoms with Crippen molar-refractivity contribution in [1.82, 2.24) is 5.32 Å². The number of benzene rings is 2. The SMILES string of the molecule is CNCCC(c1ccccc1)c1ccc2c(c1)C(C)CN2. The number of hydrogen-bond donors (Lipinski definition) is 2. The monoisotopic (exact) mass is 280 g/mol. The Kier molecular flexibility index (Phi) is 4.26.